The van der Waals surface area contributed by atoms with Crippen LogP contribution in [0, 0.1) is 0 Å². The highest BCUT2D eigenvalue weighted by Crippen LogP contribution is 2.38. The summed E-state index contributed by atoms with van der Waals surface area (Å²) in [6, 6.07) is -0.919. The van der Waals surface area contributed by atoms with E-state index >= 15 is 0 Å². The molecule has 10 heteroatoms. The van der Waals surface area contributed by atoms with Crippen LogP contribution in [0.1, 0.15) is 284 Å². The van der Waals surface area contributed by atoms with Crippen molar-refractivity contribution in [3.8, 4) is 0 Å². The number of phosphoric acid groups is 1. The maximum absolute atomic E-state index is 13.5. The average Bonchev–Trinajstić information content (AvgIpc) is 3.38. The monoisotopic (exact) mass is 1080 g/mol. The number of unbranched alkanes of at least 4 members (excludes halogenated alkanes) is 31. The maximum atomic E-state index is 13.5. The maximum Gasteiger partial charge on any atom is 0.306 e. The van der Waals surface area contributed by atoms with Crippen LogP contribution in [0.15, 0.2) is 72.9 Å². The van der Waals surface area contributed by atoms with Crippen LogP contribution in [0.5, 0.6) is 0 Å². The van der Waals surface area contributed by atoms with Crippen molar-refractivity contribution in [2.24, 2.45) is 0 Å². The van der Waals surface area contributed by atoms with E-state index in [0.29, 0.717) is 17.4 Å². The predicted molar refractivity (Wildman–Crippen MR) is 325 cm³/mol. The second-order valence-corrected chi connectivity index (χ2v) is 24.0. The lowest BCUT2D eigenvalue weighted by Crippen LogP contribution is -2.47. The SMILES string of the molecule is CCCCC/C=C\C/C=C\C/C=C\C/C=C\CCCC(=O)NC(COP(=O)([O-])OCC[N+](C)(C)C)C(/C=C/CCCCCCCCCCCC)OC(=O)CCCCCCCCCCCCC/C=C/CCCCCCCC. The minimum atomic E-state index is -4.71. The van der Waals surface area contributed by atoms with Gasteiger partial charge in [0.1, 0.15) is 19.3 Å². The van der Waals surface area contributed by atoms with Crippen LogP contribution in [0.25, 0.3) is 0 Å². The first-order valence-corrected chi connectivity index (χ1v) is 33.2. The van der Waals surface area contributed by atoms with Crippen LogP contribution in [-0.4, -0.2) is 69.4 Å². The van der Waals surface area contributed by atoms with Crippen molar-refractivity contribution in [2.75, 3.05) is 40.9 Å². The van der Waals surface area contributed by atoms with Crippen LogP contribution in [0.4, 0.5) is 0 Å². The summed E-state index contributed by atoms with van der Waals surface area (Å²) in [5.74, 6) is -0.603. The number of carbonyl (C=O) groups excluding carboxylic acids is 2. The summed E-state index contributed by atoms with van der Waals surface area (Å²) in [7, 11) is 1.15. The van der Waals surface area contributed by atoms with E-state index in [4.69, 9.17) is 13.8 Å². The van der Waals surface area contributed by atoms with E-state index in [1.165, 1.54) is 180 Å². The summed E-state index contributed by atoms with van der Waals surface area (Å²) in [6.45, 7) is 6.78. The number of allylic oxidation sites excluding steroid dienone is 11. The number of esters is 1. The Bertz CT molecular complexity index is 1530. The number of nitrogens with zero attached hydrogens (tertiary/aromatic N) is 1. The van der Waals surface area contributed by atoms with E-state index in [1.807, 2.05) is 33.3 Å². The molecule has 0 spiro atoms. The minimum Gasteiger partial charge on any atom is -0.756 e. The van der Waals surface area contributed by atoms with Crippen molar-refractivity contribution in [3.63, 3.8) is 0 Å². The molecule has 0 saturated carbocycles. The lowest BCUT2D eigenvalue weighted by atomic mass is 10.0. The quantitative estimate of drug-likeness (QED) is 0.0212. The van der Waals surface area contributed by atoms with Gasteiger partial charge in [-0.1, -0.05) is 248 Å². The van der Waals surface area contributed by atoms with Crippen LogP contribution in [-0.2, 0) is 27.9 Å². The third kappa shape index (κ3) is 56.2. The van der Waals surface area contributed by atoms with Gasteiger partial charge in [0, 0.05) is 12.8 Å². The number of hydrogen-bond acceptors (Lipinski definition) is 7. The number of phosphoric ester groups is 1. The first kappa shape index (κ1) is 73.5. The van der Waals surface area contributed by atoms with E-state index in [1.54, 1.807) is 0 Å². The summed E-state index contributed by atoms with van der Waals surface area (Å²) < 4.78 is 30.3. The number of rotatable bonds is 57. The third-order valence-electron chi connectivity index (χ3n) is 13.9. The van der Waals surface area contributed by atoms with Gasteiger partial charge in [-0.05, 0) is 96.0 Å². The molecule has 1 amide bonds. The van der Waals surface area contributed by atoms with Gasteiger partial charge in [-0.3, -0.25) is 14.2 Å². The Labute approximate surface area is 470 Å². The van der Waals surface area contributed by atoms with Crippen molar-refractivity contribution in [1.82, 2.24) is 5.32 Å². The zero-order chi connectivity index (χ0) is 55.7. The van der Waals surface area contributed by atoms with Crippen molar-refractivity contribution in [1.29, 1.82) is 0 Å². The van der Waals surface area contributed by atoms with E-state index < -0.39 is 26.6 Å². The summed E-state index contributed by atoms with van der Waals surface area (Å²) >= 11 is 0. The molecule has 0 saturated heterocycles. The van der Waals surface area contributed by atoms with Crippen molar-refractivity contribution < 1.29 is 37.3 Å². The normalized spacial score (nSPS) is 14.1. The summed E-state index contributed by atoms with van der Waals surface area (Å²) in [5.41, 5.74) is 0. The molecule has 0 aliphatic heterocycles. The van der Waals surface area contributed by atoms with Crippen LogP contribution in [0.2, 0.25) is 0 Å². The predicted octanol–water partition coefficient (Wildman–Crippen LogP) is 19.0. The molecular weight excluding hydrogens is 964 g/mol. The third-order valence-corrected chi connectivity index (χ3v) is 14.8. The lowest BCUT2D eigenvalue weighted by molar-refractivity contribution is -0.870. The largest absolute Gasteiger partial charge is 0.756 e. The molecule has 442 valence electrons. The number of ether oxygens (including phenoxy) is 1. The van der Waals surface area contributed by atoms with E-state index in [0.717, 1.165) is 64.2 Å². The highest BCUT2D eigenvalue weighted by Gasteiger charge is 2.27. The highest BCUT2D eigenvalue weighted by molar-refractivity contribution is 7.45. The van der Waals surface area contributed by atoms with Gasteiger partial charge in [-0.15, -0.1) is 0 Å². The molecule has 0 fully saturated rings. The van der Waals surface area contributed by atoms with E-state index in [9.17, 15) is 19.0 Å². The number of nitrogens with one attached hydrogen (secondary N) is 1. The fourth-order valence-corrected chi connectivity index (χ4v) is 9.64. The van der Waals surface area contributed by atoms with Crippen molar-refractivity contribution in [2.45, 2.75) is 296 Å². The summed E-state index contributed by atoms with van der Waals surface area (Å²) in [5, 5.41) is 3.00. The second-order valence-electron chi connectivity index (χ2n) is 22.6. The average molecular weight is 1090 g/mol. The molecule has 0 bridgehead atoms. The topological polar surface area (TPSA) is 114 Å². The zero-order valence-corrected chi connectivity index (χ0v) is 51.3. The number of amides is 1. The number of carbonyl (C=O) groups is 2. The van der Waals surface area contributed by atoms with Crippen molar-refractivity contribution >= 4 is 19.7 Å². The Morgan fingerprint density at radius 1 is 0.461 bits per heavy atom. The summed E-state index contributed by atoms with van der Waals surface area (Å²) in [4.78, 5) is 40.0. The smallest absolute Gasteiger partial charge is 0.306 e. The molecule has 1 N–H and O–H groups in total. The van der Waals surface area contributed by atoms with Gasteiger partial charge < -0.3 is 28.5 Å². The molecular formula is C66H121N2O7P. The minimum absolute atomic E-state index is 0.0341. The second kappa shape index (κ2) is 55.8. The van der Waals surface area contributed by atoms with Gasteiger partial charge in [0.15, 0.2) is 0 Å². The molecule has 0 aromatic rings. The Kier molecular flexibility index (Phi) is 53.9. The molecule has 0 radical (unpaired) electrons. The van der Waals surface area contributed by atoms with Crippen LogP contribution >= 0.6 is 7.82 Å². The van der Waals surface area contributed by atoms with Gasteiger partial charge in [-0.2, -0.15) is 0 Å². The first-order valence-electron chi connectivity index (χ1n) is 31.7. The molecule has 0 aliphatic rings. The molecule has 3 unspecified atom stereocenters. The molecule has 76 heavy (non-hydrogen) atoms. The lowest BCUT2D eigenvalue weighted by Gasteiger charge is -2.30. The molecule has 3 atom stereocenters. The van der Waals surface area contributed by atoms with Gasteiger partial charge in [0.05, 0.1) is 33.8 Å². The zero-order valence-electron chi connectivity index (χ0n) is 50.4. The number of hydrogen-bond donors (Lipinski definition) is 1. The van der Waals surface area contributed by atoms with Crippen LogP contribution in [0.3, 0.4) is 0 Å². The highest BCUT2D eigenvalue weighted by atomic mass is 31.2. The Hall–Kier alpha value is -2.55. The van der Waals surface area contributed by atoms with Gasteiger partial charge in [0.2, 0.25) is 5.91 Å². The molecule has 9 nitrogen and oxygen atoms in total. The first-order chi connectivity index (χ1) is 36.9. The number of quaternary nitrogens is 1. The standard InChI is InChI=1S/C66H121N2O7P/c1-7-10-13-16-19-22-25-28-30-32-33-34-35-37-39-41-44-47-50-53-56-59-66(70)75-64(57-54-51-48-45-42-27-24-21-18-15-12-9-3)63(62-74-76(71,72)73-61-60-68(4,5)6)67-65(69)58-55-52-49-46-43-40-38-36-31-29-26-23-20-17-14-11-8-2/h20,23,28-31,38,40,46,49,54,57,63-64H,7-19,21-22,24-27,32-37,39,41-45,47-48,50-53,55-56,58-62H2,1-6H3,(H-,67,69,71,72)/b23-20-,30-28+,31-29-,40-38-,49-46-,57-54+. The van der Waals surface area contributed by atoms with Crippen LogP contribution < -0.4 is 10.2 Å². The summed E-state index contributed by atoms with van der Waals surface area (Å²) in [6.07, 6.45) is 71.7. The number of likely N-dealkylation sites (N-methyl/N-ethyl adjacent to an activating group) is 1. The fourth-order valence-electron chi connectivity index (χ4n) is 8.92. The Morgan fingerprint density at radius 2 is 0.816 bits per heavy atom. The molecule has 0 aromatic heterocycles. The van der Waals surface area contributed by atoms with Gasteiger partial charge in [-0.25, -0.2) is 0 Å². The molecule has 0 aromatic carbocycles. The van der Waals surface area contributed by atoms with E-state index in [-0.39, 0.29) is 31.3 Å². The van der Waals surface area contributed by atoms with E-state index in [2.05, 4.69) is 86.8 Å². The Morgan fingerprint density at radius 3 is 1.26 bits per heavy atom. The fraction of sp³-hybridized carbons (Fsp3) is 0.788. The molecule has 0 rings (SSSR count). The van der Waals surface area contributed by atoms with Gasteiger partial charge >= 0.3 is 5.97 Å². The van der Waals surface area contributed by atoms with Crippen molar-refractivity contribution in [3.05, 3.63) is 72.9 Å². The Balaban J connectivity index is 5.29. The molecule has 0 heterocycles. The molecule has 0 aliphatic carbocycles. The van der Waals surface area contributed by atoms with Gasteiger partial charge in [0.25, 0.3) is 7.82 Å².